The number of nitrogens with one attached hydrogen (secondary N) is 2. The number of benzene rings is 2. The van der Waals surface area contributed by atoms with Crippen LogP contribution in [0.3, 0.4) is 0 Å². The Bertz CT molecular complexity index is 2450. The van der Waals surface area contributed by atoms with Gasteiger partial charge in [-0.1, -0.05) is 62.2 Å². The molecule has 2 aromatic carbocycles. The molecular formula is C53H66ClFN6O4. The molecule has 10 nitrogen and oxygen atoms in total. The van der Waals surface area contributed by atoms with E-state index in [1.807, 2.05) is 43.3 Å². The number of carbonyl (C=O) groups is 2. The van der Waals surface area contributed by atoms with Crippen molar-refractivity contribution in [3.05, 3.63) is 111 Å². The van der Waals surface area contributed by atoms with Crippen molar-refractivity contribution in [3.63, 3.8) is 0 Å². The molecule has 12 heteroatoms. The zero-order valence-electron chi connectivity index (χ0n) is 39.3. The molecule has 1 saturated heterocycles. The average Bonchev–Trinajstić information content (AvgIpc) is 3.97. The van der Waals surface area contributed by atoms with E-state index in [4.69, 9.17) is 26.1 Å². The number of pyridine rings is 1. The second-order valence-corrected chi connectivity index (χ2v) is 19.1. The molecule has 3 amide bonds. The first-order chi connectivity index (χ1) is 31.4. The minimum absolute atomic E-state index is 0.0108. The summed E-state index contributed by atoms with van der Waals surface area (Å²) in [5.74, 6) is 1.87. The first kappa shape index (κ1) is 46.4. The van der Waals surface area contributed by atoms with Crippen molar-refractivity contribution in [2.24, 2.45) is 5.92 Å². The number of amides is 3. The lowest BCUT2D eigenvalue weighted by Gasteiger charge is -2.43. The second kappa shape index (κ2) is 19.8. The Hall–Kier alpha value is -5.13. The third-order valence-electron chi connectivity index (χ3n) is 15.0. The van der Waals surface area contributed by atoms with Crippen LogP contribution in [0.15, 0.2) is 83.0 Å². The molecule has 3 atom stereocenters. The highest BCUT2D eigenvalue weighted by atomic mass is 35.5. The molecule has 3 heterocycles. The first-order valence-electron chi connectivity index (χ1n) is 23.7. The summed E-state index contributed by atoms with van der Waals surface area (Å²) in [5.41, 5.74) is 9.62. The van der Waals surface area contributed by atoms with Crippen molar-refractivity contribution in [3.8, 4) is 28.3 Å². The summed E-state index contributed by atoms with van der Waals surface area (Å²) in [6.07, 6.45) is 19.0. The van der Waals surface area contributed by atoms with E-state index in [2.05, 4.69) is 59.5 Å². The monoisotopic (exact) mass is 904 g/mol. The van der Waals surface area contributed by atoms with Crippen LogP contribution in [-0.4, -0.2) is 85.2 Å². The molecule has 2 N–H and O–H groups in total. The summed E-state index contributed by atoms with van der Waals surface area (Å²) in [5, 5.41) is 6.92. The maximum atomic E-state index is 16.1. The van der Waals surface area contributed by atoms with Crippen LogP contribution in [0.25, 0.3) is 22.4 Å². The van der Waals surface area contributed by atoms with Gasteiger partial charge in [0, 0.05) is 74.0 Å². The number of likely N-dealkylation sites (N-methyl/N-ethyl adjacent to an activating group) is 1. The zero-order valence-corrected chi connectivity index (χ0v) is 40.1. The summed E-state index contributed by atoms with van der Waals surface area (Å²) in [4.78, 5) is 38.6. The number of hydrogen-bond donors (Lipinski definition) is 2. The number of anilines is 1. The van der Waals surface area contributed by atoms with Crippen molar-refractivity contribution in [2.45, 2.75) is 116 Å². The Kier molecular flexibility index (Phi) is 14.1. The number of aromatic nitrogens is 1. The SMILES string of the molecule is CCC(CC[C@]1(CC)CCN(CCOC)C(=O)N1)C[C@H]1CCc2cc(-c3cccc(-c4c(F)ccc(NC(=O)C5=CN(C)C(=C6CCC6)N(C)C5=C5CC=CC5)c4C)c3Cl)nc(OC)c21. The summed E-state index contributed by atoms with van der Waals surface area (Å²) >= 11 is 7.30. The van der Waals surface area contributed by atoms with E-state index in [-0.39, 0.29) is 17.5 Å². The molecular weight excluding hydrogens is 839 g/mol. The Labute approximate surface area is 390 Å². The molecule has 1 saturated carbocycles. The molecule has 8 rings (SSSR count). The molecule has 1 unspecified atom stereocenters. The van der Waals surface area contributed by atoms with Gasteiger partial charge in [0.1, 0.15) is 11.6 Å². The number of allylic oxidation sites excluding steroid dienone is 4. The lowest BCUT2D eigenvalue weighted by atomic mass is 9.79. The van der Waals surface area contributed by atoms with E-state index in [1.165, 1.54) is 34.8 Å². The molecule has 2 fully saturated rings. The zero-order chi connectivity index (χ0) is 46.0. The fourth-order valence-corrected chi connectivity index (χ4v) is 11.3. The number of rotatable bonds is 15. The van der Waals surface area contributed by atoms with Gasteiger partial charge in [-0.2, -0.15) is 0 Å². The van der Waals surface area contributed by atoms with Gasteiger partial charge >= 0.3 is 6.03 Å². The standard InChI is InChI=1S/C53H66ClFN6O4/c1-8-34(24-25-53(9-2)26-27-61(28-29-64-6)52(63)58-53)30-37-20-21-38-31-44(57-50(65-7)46(37)38)39-18-13-19-40(47(39)54)45-33(3)43(23-22-42(45)55)56-49(62)41-32-59(4)51(36-16-12-17-36)60(5)48(41)35-14-10-11-15-35/h10-11,13,18-19,22-23,31-32,34,37H,8-9,12,14-17,20-21,24-30H2,1-7H3,(H,56,62)(H,58,63)/t34?,37-,53-/m1/s1. The minimum Gasteiger partial charge on any atom is -0.481 e. The molecule has 65 heavy (non-hydrogen) atoms. The van der Waals surface area contributed by atoms with Crippen LogP contribution in [0.2, 0.25) is 5.02 Å². The highest BCUT2D eigenvalue weighted by Crippen LogP contribution is 2.47. The van der Waals surface area contributed by atoms with Crippen LogP contribution in [0.4, 0.5) is 14.9 Å². The molecule has 0 bridgehead atoms. The van der Waals surface area contributed by atoms with E-state index in [1.54, 1.807) is 20.3 Å². The Morgan fingerprint density at radius 1 is 1.08 bits per heavy atom. The topological polar surface area (TPSA) is 99.3 Å². The van der Waals surface area contributed by atoms with Crippen molar-refractivity contribution >= 4 is 29.2 Å². The van der Waals surface area contributed by atoms with Gasteiger partial charge < -0.3 is 34.8 Å². The molecule has 3 aliphatic carbocycles. The fraction of sp³-hybridized carbons (Fsp3) is 0.491. The number of urea groups is 1. The lowest BCUT2D eigenvalue weighted by molar-refractivity contribution is -0.112. The average molecular weight is 906 g/mol. The summed E-state index contributed by atoms with van der Waals surface area (Å²) < 4.78 is 27.4. The molecule has 1 aromatic heterocycles. The van der Waals surface area contributed by atoms with E-state index in [0.29, 0.717) is 75.1 Å². The molecule has 0 radical (unpaired) electrons. The third kappa shape index (κ3) is 9.20. The number of nitrogens with zero attached hydrogens (tertiary/aromatic N) is 4. The van der Waals surface area contributed by atoms with Crippen molar-refractivity contribution in [1.82, 2.24) is 25.0 Å². The quantitative estimate of drug-likeness (QED) is 0.147. The predicted molar refractivity (Wildman–Crippen MR) is 258 cm³/mol. The van der Waals surface area contributed by atoms with Crippen LogP contribution < -0.4 is 15.4 Å². The normalized spacial score (nSPS) is 21.1. The summed E-state index contributed by atoms with van der Waals surface area (Å²) in [6.45, 7) is 8.18. The van der Waals surface area contributed by atoms with Crippen LogP contribution in [-0.2, 0) is 16.0 Å². The lowest BCUT2D eigenvalue weighted by Crippen LogP contribution is -2.60. The number of fused-ring (bicyclic) bond motifs is 1. The number of carbonyl (C=O) groups excluding carboxylic acids is 2. The van der Waals surface area contributed by atoms with Crippen LogP contribution >= 0.6 is 11.6 Å². The van der Waals surface area contributed by atoms with Gasteiger partial charge in [0.15, 0.2) is 0 Å². The fourth-order valence-electron chi connectivity index (χ4n) is 10.9. The van der Waals surface area contributed by atoms with Gasteiger partial charge in [0.05, 0.1) is 35.7 Å². The summed E-state index contributed by atoms with van der Waals surface area (Å²) in [7, 11) is 7.40. The van der Waals surface area contributed by atoms with Crippen molar-refractivity contribution in [1.29, 1.82) is 0 Å². The van der Waals surface area contributed by atoms with Gasteiger partial charge in [-0.25, -0.2) is 14.2 Å². The maximum absolute atomic E-state index is 16.1. The molecule has 346 valence electrons. The van der Waals surface area contributed by atoms with Gasteiger partial charge in [-0.15, -0.1) is 0 Å². The smallest absolute Gasteiger partial charge is 0.317 e. The maximum Gasteiger partial charge on any atom is 0.317 e. The molecule has 3 aromatic rings. The number of hydrogen-bond acceptors (Lipinski definition) is 7. The van der Waals surface area contributed by atoms with E-state index >= 15 is 4.39 Å². The minimum atomic E-state index is -0.430. The summed E-state index contributed by atoms with van der Waals surface area (Å²) in [6, 6.07) is 10.8. The highest BCUT2D eigenvalue weighted by Gasteiger charge is 2.38. The number of aryl methyl sites for hydroxylation is 1. The number of halogens is 2. The Balaban J connectivity index is 1.02. The molecule has 5 aliphatic rings. The molecule has 0 spiro atoms. The van der Waals surface area contributed by atoms with Crippen molar-refractivity contribution in [2.75, 3.05) is 53.3 Å². The van der Waals surface area contributed by atoms with Gasteiger partial charge in [-0.3, -0.25) is 4.79 Å². The second-order valence-electron chi connectivity index (χ2n) is 18.7. The third-order valence-corrected chi connectivity index (χ3v) is 15.4. The van der Waals surface area contributed by atoms with Crippen LogP contribution in [0.5, 0.6) is 5.88 Å². The molecule has 2 aliphatic heterocycles. The van der Waals surface area contributed by atoms with Gasteiger partial charge in [-0.05, 0) is 136 Å². The van der Waals surface area contributed by atoms with E-state index in [0.717, 1.165) is 95.1 Å². The Morgan fingerprint density at radius 3 is 2.52 bits per heavy atom. The largest absolute Gasteiger partial charge is 0.481 e. The van der Waals surface area contributed by atoms with E-state index in [9.17, 15) is 9.59 Å². The van der Waals surface area contributed by atoms with Gasteiger partial charge in [0.25, 0.3) is 5.91 Å². The van der Waals surface area contributed by atoms with Gasteiger partial charge in [0.2, 0.25) is 5.88 Å². The predicted octanol–water partition coefficient (Wildman–Crippen LogP) is 11.7. The van der Waals surface area contributed by atoms with E-state index < -0.39 is 5.82 Å². The Morgan fingerprint density at radius 2 is 1.85 bits per heavy atom. The van der Waals surface area contributed by atoms with Crippen molar-refractivity contribution < 1.29 is 23.5 Å². The van der Waals surface area contributed by atoms with Crippen LogP contribution in [0.1, 0.15) is 114 Å². The highest BCUT2D eigenvalue weighted by molar-refractivity contribution is 6.36. The first-order valence-corrected chi connectivity index (χ1v) is 24.1. The van der Waals surface area contributed by atoms with Crippen LogP contribution in [0, 0.1) is 18.7 Å². The number of ether oxygens (including phenoxy) is 2. The number of methoxy groups -OCH3 is 2.